The third-order valence-corrected chi connectivity index (χ3v) is 6.04. The lowest BCUT2D eigenvalue weighted by atomic mass is 10.2. The van der Waals surface area contributed by atoms with Crippen molar-refractivity contribution in [3.05, 3.63) is 16.2 Å². The largest absolute Gasteiger partial charge is 0.495 e. The van der Waals surface area contributed by atoms with Crippen LogP contribution in [-0.2, 0) is 16.0 Å². The minimum Gasteiger partial charge on any atom is -0.495 e. The van der Waals surface area contributed by atoms with Crippen molar-refractivity contribution in [1.29, 1.82) is 0 Å². The number of hydrogen-bond donors (Lipinski definition) is 1. The number of carbonyl (C=O) groups excluding carboxylic acids is 1. The molecular weight excluding hydrogens is 368 g/mol. The van der Waals surface area contributed by atoms with E-state index >= 15 is 0 Å². The van der Waals surface area contributed by atoms with Gasteiger partial charge in [0.1, 0.15) is 18.3 Å². The highest BCUT2D eigenvalue weighted by molar-refractivity contribution is 9.10. The lowest BCUT2D eigenvalue weighted by Crippen LogP contribution is -2.31. The van der Waals surface area contributed by atoms with E-state index in [1.807, 2.05) is 0 Å². The average Bonchev–Trinajstić information content (AvgIpc) is 2.69. The minimum atomic E-state index is -1.57. The molecule has 0 N–H and O–H groups in total. The van der Waals surface area contributed by atoms with Gasteiger partial charge in [0.25, 0.3) is 0 Å². The summed E-state index contributed by atoms with van der Waals surface area (Å²) in [5, 5.41) is 0. The van der Waals surface area contributed by atoms with Gasteiger partial charge in [-0.05, 0) is 46.7 Å². The SMILES string of the molecule is COc1c(Br)cnc2c1CC(=O)N2COCC[SH](C)(C)(C)C. The lowest BCUT2D eigenvalue weighted by molar-refractivity contribution is -0.118. The van der Waals surface area contributed by atoms with Crippen LogP contribution in [0.2, 0.25) is 0 Å². The summed E-state index contributed by atoms with van der Waals surface area (Å²) in [6.07, 6.45) is 11.2. The van der Waals surface area contributed by atoms with E-state index in [-0.39, 0.29) is 12.6 Å². The molecule has 0 aromatic carbocycles. The van der Waals surface area contributed by atoms with E-state index in [0.29, 0.717) is 24.6 Å². The van der Waals surface area contributed by atoms with Crippen molar-refractivity contribution in [1.82, 2.24) is 4.98 Å². The van der Waals surface area contributed by atoms with E-state index in [4.69, 9.17) is 9.47 Å². The van der Waals surface area contributed by atoms with Gasteiger partial charge in [-0.15, -0.1) is 0 Å². The van der Waals surface area contributed by atoms with Gasteiger partial charge in [-0.1, -0.05) is 0 Å². The molecule has 1 aliphatic rings. The van der Waals surface area contributed by atoms with E-state index in [0.717, 1.165) is 15.8 Å². The molecule has 0 aliphatic carbocycles. The Morgan fingerprint density at radius 2 is 2.05 bits per heavy atom. The van der Waals surface area contributed by atoms with Crippen molar-refractivity contribution < 1.29 is 14.3 Å². The zero-order valence-electron chi connectivity index (χ0n) is 13.9. The molecule has 0 bridgehead atoms. The minimum absolute atomic E-state index is 0.00243. The predicted octanol–water partition coefficient (Wildman–Crippen LogP) is 2.31. The molecule has 126 valence electrons. The van der Waals surface area contributed by atoms with E-state index in [2.05, 4.69) is 45.9 Å². The second kappa shape index (κ2) is 6.02. The number of rotatable bonds is 6. The van der Waals surface area contributed by atoms with E-state index < -0.39 is 9.16 Å². The highest BCUT2D eigenvalue weighted by atomic mass is 79.9. The van der Waals surface area contributed by atoms with Gasteiger partial charge in [0.2, 0.25) is 5.91 Å². The maximum absolute atomic E-state index is 12.2. The molecule has 0 saturated carbocycles. The number of hydrogen-bond acceptors (Lipinski definition) is 4. The van der Waals surface area contributed by atoms with Crippen LogP contribution in [0.25, 0.3) is 0 Å². The molecule has 22 heavy (non-hydrogen) atoms. The second-order valence-electron chi connectivity index (χ2n) is 7.65. The lowest BCUT2D eigenvalue weighted by Gasteiger charge is -2.46. The molecule has 0 saturated heterocycles. The van der Waals surface area contributed by atoms with Crippen molar-refractivity contribution >= 4 is 36.8 Å². The Kier molecular flexibility index (Phi) is 4.80. The Bertz CT molecular complexity index is 589. The molecule has 0 unspecified atom stereocenters. The van der Waals surface area contributed by atoms with Crippen LogP contribution in [0.1, 0.15) is 5.56 Å². The molecule has 1 aliphatic heterocycles. The first kappa shape index (κ1) is 17.6. The van der Waals surface area contributed by atoms with Gasteiger partial charge in [-0.2, -0.15) is 0 Å². The molecule has 0 spiro atoms. The Balaban J connectivity index is 2.05. The van der Waals surface area contributed by atoms with Crippen molar-refractivity contribution in [3.63, 3.8) is 0 Å². The van der Waals surface area contributed by atoms with Crippen LogP contribution in [0, 0.1) is 0 Å². The van der Waals surface area contributed by atoms with Crippen molar-refractivity contribution in [3.8, 4) is 5.75 Å². The summed E-state index contributed by atoms with van der Waals surface area (Å²) in [7, 11) is 0.0213. The Morgan fingerprint density at radius 1 is 1.36 bits per heavy atom. The molecule has 1 aromatic heterocycles. The van der Waals surface area contributed by atoms with Crippen LogP contribution in [-0.4, -0.2) is 62.1 Å². The van der Waals surface area contributed by atoms with Crippen molar-refractivity contribution in [2.24, 2.45) is 0 Å². The van der Waals surface area contributed by atoms with Crippen LogP contribution in [0.15, 0.2) is 10.7 Å². The first-order valence-corrected chi connectivity index (χ1v) is 12.2. The number of nitrogens with zero attached hydrogens (tertiary/aromatic N) is 2. The molecule has 0 atom stereocenters. The van der Waals surface area contributed by atoms with Crippen molar-refractivity contribution in [2.45, 2.75) is 6.42 Å². The van der Waals surface area contributed by atoms with Gasteiger partial charge >= 0.3 is 0 Å². The highest BCUT2D eigenvalue weighted by Gasteiger charge is 2.32. The molecule has 1 amide bonds. The fourth-order valence-corrected chi connectivity index (χ4v) is 3.56. The summed E-state index contributed by atoms with van der Waals surface area (Å²) < 4.78 is 11.9. The number of ether oxygens (including phenoxy) is 2. The number of aromatic nitrogens is 1. The quantitative estimate of drug-likeness (QED) is 0.595. The van der Waals surface area contributed by atoms with Crippen LogP contribution in [0.3, 0.4) is 0 Å². The number of methoxy groups -OCH3 is 1. The third-order valence-electron chi connectivity index (χ3n) is 3.50. The average molecular weight is 393 g/mol. The summed E-state index contributed by atoms with van der Waals surface area (Å²) in [6.45, 7) is 0.903. The summed E-state index contributed by atoms with van der Waals surface area (Å²) in [6, 6.07) is 0. The molecule has 2 rings (SSSR count). The number of thiol groups is 1. The maximum atomic E-state index is 12.2. The standard InChI is InChI=1S/C15H25BrN2O3S/c1-20-14-11-8-13(19)18(15(11)17-9-12(14)16)10-21-6-7-22(2,3,4)5/h9,22H,6-8,10H2,1-5H3. The second-order valence-corrected chi connectivity index (χ2v) is 16.8. The maximum Gasteiger partial charge on any atom is 0.234 e. The first-order valence-electron chi connectivity index (χ1n) is 7.18. The highest BCUT2D eigenvalue weighted by Crippen LogP contribution is 2.54. The van der Waals surface area contributed by atoms with Gasteiger partial charge in [0.05, 0.1) is 24.6 Å². The number of amides is 1. The zero-order chi connectivity index (χ0) is 16.6. The molecule has 7 heteroatoms. The van der Waals surface area contributed by atoms with E-state index in [1.165, 1.54) is 0 Å². The molecule has 2 heterocycles. The smallest absolute Gasteiger partial charge is 0.234 e. The van der Waals surface area contributed by atoms with Gasteiger partial charge in [0, 0.05) is 11.8 Å². The number of pyridine rings is 1. The van der Waals surface area contributed by atoms with Crippen molar-refractivity contribution in [2.75, 3.05) is 56.1 Å². The summed E-state index contributed by atoms with van der Waals surface area (Å²) >= 11 is 3.40. The molecule has 0 fully saturated rings. The Hall–Kier alpha value is -0.790. The topological polar surface area (TPSA) is 51.7 Å². The molecule has 0 radical (unpaired) electrons. The summed E-state index contributed by atoms with van der Waals surface area (Å²) in [5.74, 6) is 2.35. The predicted molar refractivity (Wildman–Crippen MR) is 98.0 cm³/mol. The van der Waals surface area contributed by atoms with Crippen LogP contribution < -0.4 is 9.64 Å². The fraction of sp³-hybridized carbons (Fsp3) is 0.600. The molecular formula is C15H25BrN2O3S. The monoisotopic (exact) mass is 392 g/mol. The van der Waals surface area contributed by atoms with Crippen LogP contribution in [0.5, 0.6) is 5.75 Å². The summed E-state index contributed by atoms with van der Waals surface area (Å²) in [5.41, 5.74) is 0.821. The van der Waals surface area contributed by atoms with Gasteiger partial charge in [-0.25, -0.2) is 4.98 Å². The van der Waals surface area contributed by atoms with Crippen LogP contribution in [0.4, 0.5) is 5.82 Å². The van der Waals surface area contributed by atoms with Gasteiger partial charge < -0.3 is 9.47 Å². The number of anilines is 1. The molecule has 1 aromatic rings. The fourth-order valence-electron chi connectivity index (χ4n) is 2.20. The summed E-state index contributed by atoms with van der Waals surface area (Å²) in [4.78, 5) is 18.1. The van der Waals surface area contributed by atoms with E-state index in [1.54, 1.807) is 18.2 Å². The normalized spacial score (nSPS) is 16.4. The van der Waals surface area contributed by atoms with E-state index in [9.17, 15) is 4.79 Å². The first-order chi connectivity index (χ1) is 10.1. The zero-order valence-corrected chi connectivity index (χ0v) is 16.3. The number of halogens is 1. The third kappa shape index (κ3) is 4.14. The Morgan fingerprint density at radius 3 is 2.64 bits per heavy atom. The number of fused-ring (bicyclic) bond motifs is 1. The number of carbonyl (C=O) groups is 1. The molecule has 5 nitrogen and oxygen atoms in total. The van der Waals surface area contributed by atoms with Gasteiger partial charge in [0.15, 0.2) is 0 Å². The Labute approximate surface area is 140 Å². The van der Waals surface area contributed by atoms with Crippen LogP contribution >= 0.6 is 25.1 Å². The van der Waals surface area contributed by atoms with Gasteiger partial charge in [-0.3, -0.25) is 18.9 Å².